The van der Waals surface area contributed by atoms with Gasteiger partial charge in [0.15, 0.2) is 0 Å². The quantitative estimate of drug-likeness (QED) is 0.857. The van der Waals surface area contributed by atoms with Gasteiger partial charge in [-0.2, -0.15) is 5.10 Å². The molecule has 0 aliphatic rings. The molecule has 5 heteroatoms. The van der Waals surface area contributed by atoms with E-state index >= 15 is 0 Å². The maximum absolute atomic E-state index is 6.21. The second-order valence-electron chi connectivity index (χ2n) is 4.23. The molecule has 2 aromatic rings. The molecule has 0 radical (unpaired) electrons. The van der Waals surface area contributed by atoms with E-state index in [4.69, 9.17) is 10.5 Å². The summed E-state index contributed by atoms with van der Waals surface area (Å²) in [4.78, 5) is 4.18. The van der Waals surface area contributed by atoms with Crippen LogP contribution in [0.5, 0.6) is 0 Å². The minimum atomic E-state index is -0.153. The number of rotatable bonds is 5. The molecule has 1 aromatic carbocycles. The van der Waals surface area contributed by atoms with Crippen LogP contribution in [0.15, 0.2) is 36.7 Å². The van der Waals surface area contributed by atoms with Crippen molar-refractivity contribution < 1.29 is 4.74 Å². The van der Waals surface area contributed by atoms with Crippen LogP contribution < -0.4 is 5.73 Å². The Labute approximate surface area is 107 Å². The van der Waals surface area contributed by atoms with Crippen LogP contribution >= 0.6 is 0 Å². The van der Waals surface area contributed by atoms with Crippen LogP contribution in [-0.2, 0) is 18.2 Å². The first-order chi connectivity index (χ1) is 8.72. The average molecular weight is 246 g/mol. The molecule has 0 bridgehead atoms. The highest BCUT2D eigenvalue weighted by Gasteiger charge is 2.21. The number of benzene rings is 1. The largest absolute Gasteiger partial charge is 0.375 e. The minimum Gasteiger partial charge on any atom is -0.375 e. The first-order valence-corrected chi connectivity index (χ1v) is 5.88. The van der Waals surface area contributed by atoms with Gasteiger partial charge in [0.25, 0.3) is 0 Å². The lowest BCUT2D eigenvalue weighted by molar-refractivity contribution is 0.0794. The third kappa shape index (κ3) is 2.75. The molecule has 5 nitrogen and oxygen atoms in total. The summed E-state index contributed by atoms with van der Waals surface area (Å²) in [6.07, 6.45) is 2.03. The molecule has 0 spiro atoms. The normalized spacial score (nSPS) is 14.4. The lowest BCUT2D eigenvalue weighted by Crippen LogP contribution is -2.32. The van der Waals surface area contributed by atoms with Gasteiger partial charge in [0.1, 0.15) is 12.2 Å². The maximum Gasteiger partial charge on any atom is 0.138 e. The summed E-state index contributed by atoms with van der Waals surface area (Å²) in [5.41, 5.74) is 7.29. The molecule has 0 amide bonds. The van der Waals surface area contributed by atoms with Crippen molar-refractivity contribution in [1.29, 1.82) is 0 Å². The van der Waals surface area contributed by atoms with E-state index < -0.39 is 0 Å². The predicted molar refractivity (Wildman–Crippen MR) is 68.9 cm³/mol. The van der Waals surface area contributed by atoms with Crippen molar-refractivity contribution in [3.05, 3.63) is 48.0 Å². The molecule has 0 aliphatic carbocycles. The molecule has 2 rings (SSSR count). The Hall–Kier alpha value is -1.72. The number of hydrogen-bond donors (Lipinski definition) is 1. The van der Waals surface area contributed by atoms with Crippen LogP contribution in [0, 0.1) is 0 Å². The fourth-order valence-electron chi connectivity index (χ4n) is 2.02. The Bertz CT molecular complexity index is 483. The highest BCUT2D eigenvalue weighted by Crippen LogP contribution is 2.20. The van der Waals surface area contributed by atoms with Crippen molar-refractivity contribution in [2.24, 2.45) is 12.8 Å². The zero-order chi connectivity index (χ0) is 13.0. The van der Waals surface area contributed by atoms with Crippen LogP contribution in [-0.4, -0.2) is 27.9 Å². The Morgan fingerprint density at radius 2 is 2.06 bits per heavy atom. The summed E-state index contributed by atoms with van der Waals surface area (Å²) in [7, 11) is 3.54. The van der Waals surface area contributed by atoms with Crippen LogP contribution in [0.25, 0.3) is 0 Å². The third-order valence-electron chi connectivity index (χ3n) is 2.99. The van der Waals surface area contributed by atoms with Gasteiger partial charge in [-0.3, -0.25) is 4.68 Å². The van der Waals surface area contributed by atoms with Crippen molar-refractivity contribution in [1.82, 2.24) is 14.8 Å². The Morgan fingerprint density at radius 3 is 2.61 bits per heavy atom. The summed E-state index contributed by atoms with van der Waals surface area (Å²) < 4.78 is 7.24. The van der Waals surface area contributed by atoms with Crippen molar-refractivity contribution in [2.45, 2.75) is 18.6 Å². The Morgan fingerprint density at radius 1 is 1.33 bits per heavy atom. The van der Waals surface area contributed by atoms with Gasteiger partial charge < -0.3 is 10.5 Å². The molecule has 0 aliphatic heterocycles. The monoisotopic (exact) mass is 246 g/mol. The lowest BCUT2D eigenvalue weighted by Gasteiger charge is -2.22. The molecule has 0 saturated carbocycles. The first-order valence-electron chi connectivity index (χ1n) is 5.88. The summed E-state index contributed by atoms with van der Waals surface area (Å²) >= 11 is 0. The summed E-state index contributed by atoms with van der Waals surface area (Å²) in [5.74, 6) is 0.862. The number of aromatic nitrogens is 3. The molecular formula is C13H18N4O. The van der Waals surface area contributed by atoms with Crippen LogP contribution in [0.3, 0.4) is 0 Å². The Balaban J connectivity index is 2.11. The van der Waals surface area contributed by atoms with Gasteiger partial charge in [-0.1, -0.05) is 30.3 Å². The SMILES string of the molecule is COC(c1ccccc1)C(N)Cc1ncnn1C. The highest BCUT2D eigenvalue weighted by molar-refractivity contribution is 5.19. The van der Waals surface area contributed by atoms with E-state index in [1.54, 1.807) is 11.8 Å². The van der Waals surface area contributed by atoms with Crippen LogP contribution in [0.2, 0.25) is 0 Å². The smallest absolute Gasteiger partial charge is 0.138 e. The fraction of sp³-hybridized carbons (Fsp3) is 0.385. The molecule has 96 valence electrons. The second kappa shape index (κ2) is 5.75. The lowest BCUT2D eigenvalue weighted by atomic mass is 10.00. The van der Waals surface area contributed by atoms with Crippen molar-refractivity contribution in [2.75, 3.05) is 7.11 Å². The van der Waals surface area contributed by atoms with E-state index in [1.807, 2.05) is 37.4 Å². The van der Waals surface area contributed by atoms with E-state index in [0.29, 0.717) is 6.42 Å². The number of aryl methyl sites for hydroxylation is 1. The molecule has 0 saturated heterocycles. The van der Waals surface area contributed by atoms with Crippen molar-refractivity contribution in [3.63, 3.8) is 0 Å². The standard InChI is InChI=1S/C13H18N4O/c1-17-12(15-9-16-17)8-11(14)13(18-2)10-6-4-3-5-7-10/h3-7,9,11,13H,8,14H2,1-2H3. The van der Waals surface area contributed by atoms with E-state index in [9.17, 15) is 0 Å². The molecular weight excluding hydrogens is 228 g/mol. The van der Waals surface area contributed by atoms with Gasteiger partial charge in [0.2, 0.25) is 0 Å². The number of nitrogens with two attached hydrogens (primary N) is 1. The first kappa shape index (κ1) is 12.7. The van der Waals surface area contributed by atoms with Gasteiger partial charge in [-0.15, -0.1) is 0 Å². The number of ether oxygens (including phenoxy) is 1. The van der Waals surface area contributed by atoms with Crippen molar-refractivity contribution in [3.8, 4) is 0 Å². The highest BCUT2D eigenvalue weighted by atomic mass is 16.5. The predicted octanol–water partition coefficient (Wildman–Crippen LogP) is 1.07. The zero-order valence-electron chi connectivity index (χ0n) is 10.7. The number of hydrogen-bond acceptors (Lipinski definition) is 4. The van der Waals surface area contributed by atoms with Gasteiger partial charge in [0, 0.05) is 26.6 Å². The number of methoxy groups -OCH3 is 1. The van der Waals surface area contributed by atoms with Gasteiger partial charge in [0.05, 0.1) is 6.10 Å². The van der Waals surface area contributed by atoms with E-state index in [1.165, 1.54) is 6.33 Å². The summed E-state index contributed by atoms with van der Waals surface area (Å²) in [5, 5.41) is 4.04. The molecule has 2 atom stereocenters. The number of nitrogens with zero attached hydrogens (tertiary/aromatic N) is 3. The molecule has 1 heterocycles. The van der Waals surface area contributed by atoms with Gasteiger partial charge in [-0.05, 0) is 5.56 Å². The molecule has 0 fully saturated rings. The molecule has 1 aromatic heterocycles. The topological polar surface area (TPSA) is 66.0 Å². The van der Waals surface area contributed by atoms with Crippen LogP contribution in [0.1, 0.15) is 17.5 Å². The zero-order valence-corrected chi connectivity index (χ0v) is 10.7. The molecule has 18 heavy (non-hydrogen) atoms. The van der Waals surface area contributed by atoms with E-state index in [2.05, 4.69) is 10.1 Å². The van der Waals surface area contributed by atoms with Gasteiger partial charge >= 0.3 is 0 Å². The summed E-state index contributed by atoms with van der Waals surface area (Å²) in [6, 6.07) is 9.83. The van der Waals surface area contributed by atoms with Crippen molar-refractivity contribution >= 4 is 0 Å². The minimum absolute atomic E-state index is 0.136. The van der Waals surface area contributed by atoms with E-state index in [0.717, 1.165) is 11.4 Å². The fourth-order valence-corrected chi connectivity index (χ4v) is 2.02. The van der Waals surface area contributed by atoms with Crippen LogP contribution in [0.4, 0.5) is 0 Å². The molecule has 2 N–H and O–H groups in total. The summed E-state index contributed by atoms with van der Waals surface area (Å²) in [6.45, 7) is 0. The maximum atomic E-state index is 6.21. The average Bonchev–Trinajstić information content (AvgIpc) is 2.77. The van der Waals surface area contributed by atoms with Gasteiger partial charge in [-0.25, -0.2) is 4.98 Å². The Kier molecular flexibility index (Phi) is 4.07. The van der Waals surface area contributed by atoms with E-state index in [-0.39, 0.29) is 12.1 Å². The molecule has 2 unspecified atom stereocenters. The second-order valence-corrected chi connectivity index (χ2v) is 4.23. The third-order valence-corrected chi connectivity index (χ3v) is 2.99.